The van der Waals surface area contributed by atoms with Gasteiger partial charge in [-0.25, -0.2) is 19.3 Å². The Morgan fingerprint density at radius 3 is 2.80 bits per heavy atom. The summed E-state index contributed by atoms with van der Waals surface area (Å²) in [6.45, 7) is 5.02. The molecule has 0 bridgehead atoms. The average Bonchev–Trinajstić information content (AvgIpc) is 3.86. The third-order valence-electron chi connectivity index (χ3n) is 10.4. The van der Waals surface area contributed by atoms with E-state index in [-0.39, 0.29) is 12.6 Å². The summed E-state index contributed by atoms with van der Waals surface area (Å²) in [4.78, 5) is 13.8. The molecule has 0 unspecified atom stereocenters. The first-order valence-electron chi connectivity index (χ1n) is 15.8. The molecule has 0 saturated carbocycles. The second kappa shape index (κ2) is 10.5. The molecule has 6 heterocycles. The summed E-state index contributed by atoms with van der Waals surface area (Å²) < 4.78 is 10.0. The zero-order valence-corrected chi connectivity index (χ0v) is 26.6. The standard InChI is InChI=1S/C32H36N10O2S/c1-17-15-41(38-22(17)16-43)30-21-14-35-42(18(2)23-8-6-12-40(23)3)31(21)37-29(36-30)26-19-7-4-10-32(27(19)44-39-26)11-5-9-24-25(32)20(13-33)28(34)45-24/h14-15,18,23,43H,4-12,16,34H2,1-3H3/t18-,23-,32-/m0/s1. The molecule has 5 aromatic heterocycles. The van der Waals surface area contributed by atoms with Crippen LogP contribution < -0.4 is 5.73 Å². The number of hydrogen-bond acceptors (Lipinski definition) is 11. The molecule has 1 fully saturated rings. The van der Waals surface area contributed by atoms with E-state index >= 15 is 0 Å². The van der Waals surface area contributed by atoms with E-state index in [9.17, 15) is 10.4 Å². The Morgan fingerprint density at radius 1 is 1.24 bits per heavy atom. The number of nitrogen functional groups attached to an aromatic ring is 1. The highest BCUT2D eigenvalue weighted by atomic mass is 32.1. The summed E-state index contributed by atoms with van der Waals surface area (Å²) in [5.41, 5.74) is 11.3. The topological polar surface area (TPSA) is 161 Å². The Bertz CT molecular complexity index is 1990. The highest BCUT2D eigenvalue weighted by molar-refractivity contribution is 7.16. The van der Waals surface area contributed by atoms with E-state index in [0.717, 1.165) is 85.7 Å². The maximum Gasteiger partial charge on any atom is 0.186 e. The largest absolute Gasteiger partial charge is 0.390 e. The van der Waals surface area contributed by atoms with Crippen LogP contribution in [-0.2, 0) is 24.9 Å². The lowest BCUT2D eigenvalue weighted by Gasteiger charge is -2.39. The average molecular weight is 625 g/mol. The van der Waals surface area contributed by atoms with Crippen molar-refractivity contribution in [1.29, 1.82) is 5.26 Å². The fourth-order valence-electron chi connectivity index (χ4n) is 8.18. The van der Waals surface area contributed by atoms with Gasteiger partial charge in [0.15, 0.2) is 28.7 Å². The molecule has 12 nitrogen and oxygen atoms in total. The molecule has 5 aromatic rings. The lowest BCUT2D eigenvalue weighted by molar-refractivity contribution is 0.232. The molecular formula is C32H36N10O2S. The number of likely N-dealkylation sites (tertiary alicyclic amines) is 1. The van der Waals surface area contributed by atoms with Crippen LogP contribution in [0.4, 0.5) is 5.00 Å². The van der Waals surface area contributed by atoms with Crippen molar-refractivity contribution in [2.24, 2.45) is 0 Å². The van der Waals surface area contributed by atoms with Crippen LogP contribution in [0.5, 0.6) is 0 Å². The number of aromatic nitrogens is 7. The van der Waals surface area contributed by atoms with Crippen LogP contribution in [0.15, 0.2) is 16.9 Å². The molecule has 0 amide bonds. The first kappa shape index (κ1) is 28.4. The zero-order chi connectivity index (χ0) is 31.0. The summed E-state index contributed by atoms with van der Waals surface area (Å²) in [7, 11) is 2.17. The number of nitrogens with two attached hydrogens (primary N) is 1. The number of aliphatic hydroxyl groups excluding tert-OH is 1. The van der Waals surface area contributed by atoms with Gasteiger partial charge < -0.3 is 20.3 Å². The minimum Gasteiger partial charge on any atom is -0.390 e. The number of fused-ring (bicyclic) bond motifs is 5. The molecule has 3 N–H and O–H groups in total. The molecule has 1 aliphatic heterocycles. The summed E-state index contributed by atoms with van der Waals surface area (Å²) in [6.07, 6.45) is 11.3. The lowest BCUT2D eigenvalue weighted by atomic mass is 9.63. The van der Waals surface area contributed by atoms with E-state index in [1.54, 1.807) is 4.68 Å². The predicted octanol–water partition coefficient (Wildman–Crippen LogP) is 4.60. The van der Waals surface area contributed by atoms with Gasteiger partial charge >= 0.3 is 0 Å². The molecule has 45 heavy (non-hydrogen) atoms. The number of nitriles is 1. The summed E-state index contributed by atoms with van der Waals surface area (Å²) in [5, 5.41) is 35.5. The third-order valence-corrected chi connectivity index (χ3v) is 11.5. The molecule has 0 radical (unpaired) electrons. The molecule has 3 atom stereocenters. The second-order valence-corrected chi connectivity index (χ2v) is 14.0. The van der Waals surface area contributed by atoms with E-state index in [0.29, 0.717) is 45.3 Å². The van der Waals surface area contributed by atoms with Gasteiger partial charge in [0, 0.05) is 22.7 Å². The number of aliphatic hydroxyl groups is 1. The van der Waals surface area contributed by atoms with E-state index in [2.05, 4.69) is 35.2 Å². The Kier molecular flexibility index (Phi) is 6.60. The van der Waals surface area contributed by atoms with Crippen LogP contribution in [0.2, 0.25) is 0 Å². The van der Waals surface area contributed by atoms with Crippen LogP contribution in [0.3, 0.4) is 0 Å². The van der Waals surface area contributed by atoms with E-state index in [1.165, 1.54) is 16.2 Å². The van der Waals surface area contributed by atoms with Crippen molar-refractivity contribution < 1.29 is 9.63 Å². The normalized spacial score (nSPS) is 22.2. The maximum atomic E-state index is 10.1. The summed E-state index contributed by atoms with van der Waals surface area (Å²) in [5.74, 6) is 1.85. The quantitative estimate of drug-likeness (QED) is 0.283. The zero-order valence-electron chi connectivity index (χ0n) is 25.7. The monoisotopic (exact) mass is 624 g/mol. The minimum absolute atomic E-state index is 0.0848. The van der Waals surface area contributed by atoms with Crippen LogP contribution >= 0.6 is 11.3 Å². The van der Waals surface area contributed by atoms with Gasteiger partial charge in [-0.2, -0.15) is 15.5 Å². The highest BCUT2D eigenvalue weighted by Crippen LogP contribution is 2.55. The van der Waals surface area contributed by atoms with Crippen molar-refractivity contribution in [2.45, 2.75) is 89.3 Å². The van der Waals surface area contributed by atoms with Crippen LogP contribution in [-0.4, -0.2) is 64.3 Å². The van der Waals surface area contributed by atoms with Crippen molar-refractivity contribution in [1.82, 2.24) is 39.6 Å². The molecular weight excluding hydrogens is 588 g/mol. The first-order valence-corrected chi connectivity index (χ1v) is 16.6. The minimum atomic E-state index is -0.434. The van der Waals surface area contributed by atoms with Gasteiger partial charge in [0.05, 0.1) is 40.9 Å². The van der Waals surface area contributed by atoms with Gasteiger partial charge in [0.2, 0.25) is 0 Å². The fourth-order valence-corrected chi connectivity index (χ4v) is 9.34. The van der Waals surface area contributed by atoms with Gasteiger partial charge in [0.25, 0.3) is 0 Å². The van der Waals surface area contributed by atoms with Gasteiger partial charge in [-0.3, -0.25) is 0 Å². The number of aryl methyl sites for hydroxylation is 2. The van der Waals surface area contributed by atoms with Crippen LogP contribution in [0, 0.1) is 18.3 Å². The number of nitrogens with zero attached hydrogens (tertiary/aromatic N) is 9. The maximum absolute atomic E-state index is 10.1. The van der Waals surface area contributed by atoms with Gasteiger partial charge in [-0.1, -0.05) is 5.16 Å². The van der Waals surface area contributed by atoms with Crippen molar-refractivity contribution >= 4 is 27.4 Å². The molecule has 3 aliphatic rings. The number of anilines is 1. The first-order chi connectivity index (χ1) is 21.8. The molecule has 232 valence electrons. The van der Waals surface area contributed by atoms with E-state index < -0.39 is 5.41 Å². The van der Waals surface area contributed by atoms with Gasteiger partial charge in [0.1, 0.15) is 11.1 Å². The van der Waals surface area contributed by atoms with Crippen LogP contribution in [0.1, 0.15) is 90.1 Å². The van der Waals surface area contributed by atoms with Gasteiger partial charge in [-0.05, 0) is 89.9 Å². The molecule has 2 aliphatic carbocycles. The molecule has 13 heteroatoms. The Balaban J connectivity index is 1.32. The van der Waals surface area contributed by atoms with E-state index in [4.69, 9.17) is 25.3 Å². The number of rotatable bonds is 5. The second-order valence-electron chi connectivity index (χ2n) is 12.9. The number of hydrogen-bond donors (Lipinski definition) is 2. The lowest BCUT2D eigenvalue weighted by Crippen LogP contribution is -2.35. The molecule has 1 saturated heterocycles. The Morgan fingerprint density at radius 2 is 2.07 bits per heavy atom. The number of likely N-dealkylation sites (N-methyl/N-ethyl adjacent to an activating group) is 1. The Labute approximate surface area is 264 Å². The molecule has 1 spiro atoms. The molecule has 8 rings (SSSR count). The van der Waals surface area contributed by atoms with Crippen molar-refractivity contribution in [2.75, 3.05) is 19.3 Å². The van der Waals surface area contributed by atoms with Gasteiger partial charge in [-0.15, -0.1) is 11.3 Å². The van der Waals surface area contributed by atoms with E-state index in [1.807, 2.05) is 24.0 Å². The molecule has 0 aromatic carbocycles. The third kappa shape index (κ3) is 4.12. The number of thiophene rings is 1. The van der Waals surface area contributed by atoms with Crippen molar-refractivity contribution in [3.05, 3.63) is 51.0 Å². The Hall–Kier alpha value is -4.12. The smallest absolute Gasteiger partial charge is 0.186 e. The highest BCUT2D eigenvalue weighted by Gasteiger charge is 2.49. The van der Waals surface area contributed by atoms with Crippen molar-refractivity contribution in [3.63, 3.8) is 0 Å². The predicted molar refractivity (Wildman–Crippen MR) is 169 cm³/mol. The summed E-state index contributed by atoms with van der Waals surface area (Å²) >= 11 is 1.54. The van der Waals surface area contributed by atoms with Crippen LogP contribution in [0.25, 0.3) is 28.4 Å². The summed E-state index contributed by atoms with van der Waals surface area (Å²) in [6, 6.07) is 2.83. The van der Waals surface area contributed by atoms with Crippen molar-refractivity contribution in [3.8, 4) is 23.4 Å². The SMILES string of the molecule is Cc1cn(-c2nc(-c3noc4c3CCC[C@@]43CCCc4sc(N)c(C#N)c43)nc3c2cnn3[C@@H](C)[C@@H]2CCCN2C)nc1CO. The fraction of sp³-hybridized carbons (Fsp3) is 0.500.